The summed E-state index contributed by atoms with van der Waals surface area (Å²) < 4.78 is 121. The first kappa shape index (κ1) is 88.0. The lowest BCUT2D eigenvalue weighted by Crippen LogP contribution is -2.55. The number of carboxylic acids is 1. The molecule has 3 fully saturated rings. The highest BCUT2D eigenvalue weighted by Gasteiger charge is 2.56. The van der Waals surface area contributed by atoms with Gasteiger partial charge in [0.25, 0.3) is 41.7 Å². The van der Waals surface area contributed by atoms with Crippen LogP contribution in [-0.2, 0) is 45.0 Å². The van der Waals surface area contributed by atoms with Gasteiger partial charge in [-0.15, -0.1) is 34.0 Å². The topological polar surface area (TPSA) is 403 Å². The van der Waals surface area contributed by atoms with Crippen LogP contribution in [0.15, 0.2) is 129 Å². The molecule has 0 spiro atoms. The van der Waals surface area contributed by atoms with Gasteiger partial charge in [-0.05, 0) is 141 Å². The van der Waals surface area contributed by atoms with E-state index in [0.717, 1.165) is 30.0 Å². The monoisotopic (exact) mass is 1660 g/mol. The zero-order valence-corrected chi connectivity index (χ0v) is 64.6. The normalized spacial score (nSPS) is 21.7. The molecule has 616 valence electrons. The number of aliphatic imine (C=N–C) groups is 3. The Bertz CT molecular complexity index is 4890. The summed E-state index contributed by atoms with van der Waals surface area (Å²) in [6, 6.07) is 21.9. The number of amidine groups is 3. The smallest absolute Gasteiger partial charge is 0.387 e. The van der Waals surface area contributed by atoms with E-state index in [-0.39, 0.29) is 133 Å². The number of rotatable bonds is 16. The number of hydrogen-bond donors (Lipinski definition) is 7. The maximum Gasteiger partial charge on any atom is 0.387 e. The summed E-state index contributed by atoms with van der Waals surface area (Å²) in [4.78, 5) is 101. The highest BCUT2D eigenvalue weighted by Crippen LogP contribution is 2.51. The number of benzene rings is 2. The second-order valence-corrected chi connectivity index (χ2v) is 31.1. The van der Waals surface area contributed by atoms with Crippen molar-refractivity contribution >= 4 is 99.1 Å². The molecule has 0 radical (unpaired) electrons. The van der Waals surface area contributed by atoms with Crippen molar-refractivity contribution in [2.45, 2.75) is 150 Å². The van der Waals surface area contributed by atoms with Crippen LogP contribution in [0.4, 0.5) is 43.8 Å². The Hall–Kier alpha value is -11.0. The molecule has 0 saturated carbocycles. The average molecular weight is 1660 g/mol. The number of aromatic carboxylic acids is 1. The van der Waals surface area contributed by atoms with Crippen LogP contribution in [0.3, 0.4) is 0 Å². The lowest BCUT2D eigenvalue weighted by Gasteiger charge is -2.47. The molecule has 4 amide bonds. The lowest BCUT2D eigenvalue weighted by molar-refractivity contribution is -0.128. The number of hydrogen-bond acceptors (Lipinski definition) is 28. The van der Waals surface area contributed by atoms with Crippen LogP contribution in [0.2, 0.25) is 0 Å². The molecule has 12 heterocycles. The quantitative estimate of drug-likeness (QED) is 0.0442. The SMILES string of the molecule is C.C.CC1(C)C[C@H]2COC(NC(=O)c3ccccc3)=N[C@@]2(c2nc(N)cs2)CO1.Cc1cc(OC(F)F)cnc1C(=O)Nc1csc([C@]23COC(C)(C)C[C@H]2COC(N)=N3)n1.Cc1cc(OC(F)F)cnc1C(=O)Nc1csc([C@]23COC(C)(C)C[C@H]2COC(NC(=O)c2ccccc2)=N3)n1.Cc1cc(OC(F)F)cnc1C(=O)O. The number of nitrogens with zero attached hydrogens (tertiary/aromatic N) is 9. The van der Waals surface area contributed by atoms with Gasteiger partial charge < -0.3 is 69.8 Å². The first-order valence-electron chi connectivity index (χ1n) is 34.8. The highest BCUT2D eigenvalue weighted by atomic mass is 32.1. The number of carbonyl (C=O) groups is 5. The molecule has 6 aromatic heterocycles. The fraction of sp³-hybridized carbons (Fsp3) is 0.421. The van der Waals surface area contributed by atoms with Crippen LogP contribution in [-0.4, -0.2) is 159 Å². The molecule has 2 aromatic carbocycles. The number of nitrogen functional groups attached to an aromatic ring is 1. The summed E-state index contributed by atoms with van der Waals surface area (Å²) >= 11 is 4.09. The fourth-order valence-electron chi connectivity index (χ4n) is 13.1. The van der Waals surface area contributed by atoms with Gasteiger partial charge in [-0.3, -0.25) is 29.8 Å². The van der Waals surface area contributed by atoms with Gasteiger partial charge in [-0.2, -0.15) is 26.3 Å². The Labute approximate surface area is 669 Å². The summed E-state index contributed by atoms with van der Waals surface area (Å²) in [5, 5.41) is 26.7. The molecule has 0 bridgehead atoms. The Balaban J connectivity index is 0.000000183. The lowest BCUT2D eigenvalue weighted by atomic mass is 9.76. The van der Waals surface area contributed by atoms with E-state index in [2.05, 4.69) is 84.2 Å². The Morgan fingerprint density at radius 2 is 0.817 bits per heavy atom. The number of thiazole rings is 3. The first-order valence-corrected chi connectivity index (χ1v) is 37.5. The molecule has 39 heteroatoms. The first-order chi connectivity index (χ1) is 53.5. The second-order valence-electron chi connectivity index (χ2n) is 28.5. The molecule has 6 aliphatic heterocycles. The number of halogens is 6. The van der Waals surface area contributed by atoms with Gasteiger partial charge in [0.2, 0.25) is 0 Å². The van der Waals surface area contributed by atoms with Crippen LogP contribution in [0.5, 0.6) is 17.2 Å². The van der Waals surface area contributed by atoms with Gasteiger partial charge in [-0.1, -0.05) is 51.3 Å². The van der Waals surface area contributed by atoms with Crippen molar-refractivity contribution in [1.29, 1.82) is 0 Å². The molecule has 0 unspecified atom stereocenters. The Morgan fingerprint density at radius 3 is 1.16 bits per heavy atom. The number of aryl methyl sites for hydroxylation is 3. The number of aromatic nitrogens is 6. The van der Waals surface area contributed by atoms with E-state index in [1.807, 2.05) is 52.0 Å². The van der Waals surface area contributed by atoms with Crippen molar-refractivity contribution in [2.24, 2.45) is 38.5 Å². The Kier molecular flexibility index (Phi) is 28.0. The van der Waals surface area contributed by atoms with E-state index in [1.54, 1.807) is 66.4 Å². The minimum atomic E-state index is -2.99. The summed E-state index contributed by atoms with van der Waals surface area (Å²) in [7, 11) is 0. The summed E-state index contributed by atoms with van der Waals surface area (Å²) in [6.07, 6.45) is 5.20. The molecule has 115 heavy (non-hydrogen) atoms. The molecule has 9 N–H and O–H groups in total. The summed E-state index contributed by atoms with van der Waals surface area (Å²) in [5.74, 6) is -2.26. The molecule has 3 saturated heterocycles. The predicted octanol–water partition coefficient (Wildman–Crippen LogP) is 13.1. The van der Waals surface area contributed by atoms with Crippen LogP contribution >= 0.6 is 34.0 Å². The van der Waals surface area contributed by atoms with E-state index in [9.17, 15) is 50.3 Å². The van der Waals surface area contributed by atoms with Gasteiger partial charge in [-0.25, -0.2) is 49.7 Å². The minimum absolute atomic E-state index is 0. The van der Waals surface area contributed by atoms with E-state index in [4.69, 9.17) is 55.0 Å². The number of alkyl halides is 6. The molecule has 6 atom stereocenters. The third-order valence-electron chi connectivity index (χ3n) is 18.6. The number of anilines is 3. The van der Waals surface area contributed by atoms with Gasteiger partial charge in [0.1, 0.15) is 77.7 Å². The van der Waals surface area contributed by atoms with Crippen LogP contribution < -0.4 is 46.9 Å². The molecular weight excluding hydrogens is 1570 g/mol. The van der Waals surface area contributed by atoms with Crippen molar-refractivity contribution < 1.29 is 98.1 Å². The molecule has 0 aliphatic carbocycles. The van der Waals surface area contributed by atoms with Crippen molar-refractivity contribution in [3.8, 4) is 17.2 Å². The molecule has 8 aromatic rings. The van der Waals surface area contributed by atoms with Crippen molar-refractivity contribution in [3.05, 3.63) is 174 Å². The minimum Gasteiger partial charge on any atom is -0.477 e. The second kappa shape index (κ2) is 36.6. The zero-order valence-electron chi connectivity index (χ0n) is 62.1. The maximum atomic E-state index is 12.9. The van der Waals surface area contributed by atoms with Crippen molar-refractivity contribution in [3.63, 3.8) is 0 Å². The van der Waals surface area contributed by atoms with Crippen LogP contribution in [0.25, 0.3) is 0 Å². The Morgan fingerprint density at radius 1 is 0.478 bits per heavy atom. The highest BCUT2D eigenvalue weighted by molar-refractivity contribution is 7.10. The van der Waals surface area contributed by atoms with Gasteiger partial charge in [0, 0.05) is 45.0 Å². The number of pyridine rings is 3. The van der Waals surface area contributed by atoms with Crippen molar-refractivity contribution in [1.82, 2.24) is 40.5 Å². The van der Waals surface area contributed by atoms with E-state index >= 15 is 0 Å². The number of ether oxygens (including phenoxy) is 9. The maximum absolute atomic E-state index is 12.9. The van der Waals surface area contributed by atoms with Gasteiger partial charge >= 0.3 is 25.8 Å². The number of nitrogens with one attached hydrogen (secondary N) is 4. The van der Waals surface area contributed by atoms with E-state index < -0.39 is 59.8 Å². The number of carbonyl (C=O) groups excluding carboxylic acids is 4. The number of fused-ring (bicyclic) bond motifs is 3. The predicted molar refractivity (Wildman–Crippen MR) is 416 cm³/mol. The summed E-state index contributed by atoms with van der Waals surface area (Å²) in [5.41, 5.74) is 10.3. The molecule has 14 rings (SSSR count). The number of nitrogens with two attached hydrogens (primary N) is 2. The third kappa shape index (κ3) is 21.5. The fourth-order valence-corrected chi connectivity index (χ4v) is 16.0. The molecule has 30 nitrogen and oxygen atoms in total. The van der Waals surface area contributed by atoms with Crippen molar-refractivity contribution in [2.75, 3.05) is 56.0 Å². The number of carboxylic acid groups (broad SMARTS) is 1. The van der Waals surface area contributed by atoms with Gasteiger partial charge in [0.05, 0.1) is 75.0 Å². The molecular formula is C76H87F6N15O15S3. The van der Waals surface area contributed by atoms with Crippen LogP contribution in [0.1, 0.15) is 160 Å². The third-order valence-corrected chi connectivity index (χ3v) is 21.6. The average Bonchev–Trinajstić information content (AvgIpc) is 1.75. The number of amides is 4. The van der Waals surface area contributed by atoms with Gasteiger partial charge in [0.15, 0.2) is 5.69 Å². The largest absolute Gasteiger partial charge is 0.477 e. The van der Waals surface area contributed by atoms with E-state index in [1.165, 1.54) is 59.1 Å². The van der Waals surface area contributed by atoms with Crippen LogP contribution in [0, 0.1) is 38.5 Å². The standard InChI is InChI=1S/C27H27F2N5O5S.C20H23F2N5O4S.C19H22N4O3S.C8H7F2NO3.2CH4/c1-15-9-18(39-24(28)29)11-30-20(15)22(36)31-19-13-40-23(32-19)27-14-38-26(2,3)10-17(27)12-37-25(34-27)33-21(35)16-7-5-4-6-8-16;1-10-4-12(31-17(21)22)6-24-14(10)15(28)25-13-8-32-16(26-13)20-9-30-19(2,3)5-11(20)7-29-18(23)27-20;1-18(2)8-13-9-25-17(22-15(24)12-6-4-3-5-7-12)23-19(13,11-26-18)16-21-14(20)10-27-16;1-4-2-5(14-8(9)10)3-11-6(4)7(12)13;;/h4-9,11,13,17,24H,10,12,14H2,1-3H3,(H,31,36)(H,33,34,35);4,6,8,11,17H,5,7,9H2,1-3H3,(H2,23,27)(H,25,28);3-7,10,13H,8-9,11,20H2,1-2H3,(H,22,23,24);2-3,8H,1H3,(H,12,13);2*1H4/t17-,27-;11-,20-;13-,19-;;;/m000.../s1. The zero-order chi connectivity index (χ0) is 81.4. The molecule has 6 aliphatic rings. The summed E-state index contributed by atoms with van der Waals surface area (Å²) in [6.45, 7) is 9.82. The van der Waals surface area contributed by atoms with E-state index in [0.29, 0.717) is 83.2 Å².